The number of fused-ring (bicyclic) bond motifs is 1. The maximum absolute atomic E-state index is 12.6. The lowest BCUT2D eigenvalue weighted by molar-refractivity contribution is -0.123. The lowest BCUT2D eigenvalue weighted by atomic mass is 10.1. The van der Waals surface area contributed by atoms with Crippen molar-refractivity contribution in [3.8, 4) is 0 Å². The average Bonchev–Trinajstić information content (AvgIpc) is 3.40. The third-order valence-electron chi connectivity index (χ3n) is 6.29. The van der Waals surface area contributed by atoms with Crippen molar-refractivity contribution in [2.75, 3.05) is 30.8 Å². The van der Waals surface area contributed by atoms with Crippen LogP contribution in [0.25, 0.3) is 5.65 Å². The molecule has 4 heterocycles. The number of esters is 1. The minimum atomic E-state index is -0.618. The number of anilines is 2. The van der Waals surface area contributed by atoms with Crippen molar-refractivity contribution in [2.24, 2.45) is 5.92 Å². The Balaban J connectivity index is 1.30. The van der Waals surface area contributed by atoms with E-state index >= 15 is 0 Å². The molecule has 0 aromatic carbocycles. The summed E-state index contributed by atoms with van der Waals surface area (Å²) in [4.78, 5) is 51.4. The highest BCUT2D eigenvalue weighted by Gasteiger charge is 2.40. The number of imidazole rings is 1. The van der Waals surface area contributed by atoms with Crippen LogP contribution in [0.5, 0.6) is 0 Å². The van der Waals surface area contributed by atoms with E-state index in [1.54, 1.807) is 10.6 Å². The Hall–Kier alpha value is -3.77. The van der Waals surface area contributed by atoms with Crippen molar-refractivity contribution in [1.82, 2.24) is 24.3 Å². The predicted molar refractivity (Wildman–Crippen MR) is 124 cm³/mol. The van der Waals surface area contributed by atoms with Gasteiger partial charge in [-0.25, -0.2) is 24.5 Å². The predicted octanol–water partition coefficient (Wildman–Crippen LogP) is 1.60. The van der Waals surface area contributed by atoms with Crippen molar-refractivity contribution >= 4 is 46.8 Å². The third-order valence-corrected chi connectivity index (χ3v) is 6.58. The van der Waals surface area contributed by atoms with Gasteiger partial charge in [-0.2, -0.15) is 0 Å². The highest BCUT2D eigenvalue weighted by Crippen LogP contribution is 2.50. The number of rotatable bonds is 7. The number of carbonyl (C=O) groups is 3. The standard InChI is InChI=1S/C22H22ClN7O5/c1-28-17(32)9-30(22(28)34)16-5-12(7-29-8-13(10-31)26-19(16)29)14-4-11(14)2-3-35-20(33)15-6-25-21(24)27-18(15)23/h5-8,11,14,31H,2-4,9-10H2,1H3,(H2,24,25,27). The second-order valence-corrected chi connectivity index (χ2v) is 8.92. The van der Waals surface area contributed by atoms with Gasteiger partial charge in [-0.1, -0.05) is 11.6 Å². The molecule has 5 rings (SSSR count). The number of pyridine rings is 1. The van der Waals surface area contributed by atoms with Crippen LogP contribution in [0.3, 0.4) is 0 Å². The molecule has 1 aliphatic carbocycles. The fourth-order valence-corrected chi connectivity index (χ4v) is 4.49. The number of carbonyl (C=O) groups excluding carboxylic acids is 3. The molecule has 0 spiro atoms. The first-order valence-electron chi connectivity index (χ1n) is 10.9. The lowest BCUT2D eigenvalue weighted by Gasteiger charge is -2.17. The topological polar surface area (TPSA) is 156 Å². The van der Waals surface area contributed by atoms with E-state index in [1.807, 2.05) is 12.3 Å². The van der Waals surface area contributed by atoms with Crippen LogP contribution in [-0.2, 0) is 16.1 Å². The molecule has 182 valence electrons. The van der Waals surface area contributed by atoms with E-state index in [4.69, 9.17) is 22.1 Å². The zero-order valence-corrected chi connectivity index (χ0v) is 19.5. The second kappa shape index (κ2) is 8.78. The summed E-state index contributed by atoms with van der Waals surface area (Å²) in [6.45, 7) is -0.125. The number of nitrogen functional groups attached to an aromatic ring is 1. The van der Waals surface area contributed by atoms with Gasteiger partial charge >= 0.3 is 12.0 Å². The van der Waals surface area contributed by atoms with Gasteiger partial charge in [0, 0.05) is 25.6 Å². The van der Waals surface area contributed by atoms with E-state index in [1.165, 1.54) is 18.1 Å². The molecule has 3 aromatic rings. The summed E-state index contributed by atoms with van der Waals surface area (Å²) in [5.74, 6) is -0.492. The number of imide groups is 1. The van der Waals surface area contributed by atoms with Crippen LogP contribution in [0.1, 0.15) is 40.4 Å². The van der Waals surface area contributed by atoms with Gasteiger partial charge in [-0.3, -0.25) is 14.6 Å². The van der Waals surface area contributed by atoms with E-state index in [0.717, 1.165) is 16.9 Å². The first-order chi connectivity index (χ1) is 16.8. The molecule has 2 unspecified atom stereocenters. The number of aromatic nitrogens is 4. The molecular formula is C22H22ClN7O5. The van der Waals surface area contributed by atoms with Crippen LogP contribution in [0, 0.1) is 5.92 Å². The summed E-state index contributed by atoms with van der Waals surface area (Å²) in [5, 5.41) is 9.48. The zero-order valence-electron chi connectivity index (χ0n) is 18.7. The Kier molecular flexibility index (Phi) is 5.77. The fourth-order valence-electron chi connectivity index (χ4n) is 4.28. The molecule has 12 nitrogen and oxygen atoms in total. The summed E-state index contributed by atoms with van der Waals surface area (Å²) in [6.07, 6.45) is 6.36. The number of likely N-dealkylation sites (N-methyl/N-ethyl adjacent to an activating group) is 1. The molecule has 0 radical (unpaired) electrons. The third kappa shape index (κ3) is 4.26. The Morgan fingerprint density at radius 3 is 2.80 bits per heavy atom. The van der Waals surface area contributed by atoms with Crippen molar-refractivity contribution < 1.29 is 24.2 Å². The lowest BCUT2D eigenvalue weighted by Crippen LogP contribution is -2.30. The first-order valence-corrected chi connectivity index (χ1v) is 11.3. The molecule has 1 saturated heterocycles. The number of ether oxygens (including phenoxy) is 1. The average molecular weight is 500 g/mol. The molecule has 0 bridgehead atoms. The number of urea groups is 1. The number of halogens is 1. The Morgan fingerprint density at radius 2 is 2.11 bits per heavy atom. The minimum Gasteiger partial charge on any atom is -0.462 e. The van der Waals surface area contributed by atoms with Crippen LogP contribution >= 0.6 is 11.6 Å². The maximum Gasteiger partial charge on any atom is 0.342 e. The quantitative estimate of drug-likeness (QED) is 0.280. The minimum absolute atomic E-state index is 0.0284. The molecule has 13 heteroatoms. The normalized spacial score (nSPS) is 19.6. The largest absolute Gasteiger partial charge is 0.462 e. The van der Waals surface area contributed by atoms with E-state index in [2.05, 4.69) is 15.0 Å². The van der Waals surface area contributed by atoms with E-state index in [9.17, 15) is 19.5 Å². The van der Waals surface area contributed by atoms with Gasteiger partial charge in [0.1, 0.15) is 17.3 Å². The molecule has 3 amide bonds. The van der Waals surface area contributed by atoms with Gasteiger partial charge in [0.05, 0.1) is 24.6 Å². The summed E-state index contributed by atoms with van der Waals surface area (Å²) in [5.41, 5.74) is 7.93. The van der Waals surface area contributed by atoms with Gasteiger partial charge in [0.25, 0.3) is 0 Å². The molecule has 1 aliphatic heterocycles. The molecule has 3 aromatic heterocycles. The van der Waals surface area contributed by atoms with E-state index in [-0.39, 0.29) is 54.2 Å². The van der Waals surface area contributed by atoms with E-state index in [0.29, 0.717) is 23.4 Å². The van der Waals surface area contributed by atoms with Crippen LogP contribution in [-0.4, -0.2) is 67.5 Å². The molecule has 2 aliphatic rings. The summed E-state index contributed by atoms with van der Waals surface area (Å²) < 4.78 is 7.10. The highest BCUT2D eigenvalue weighted by molar-refractivity contribution is 6.32. The number of amides is 3. The second-order valence-electron chi connectivity index (χ2n) is 8.56. The Labute approximate surface area is 204 Å². The molecule has 3 N–H and O–H groups in total. The Morgan fingerprint density at radius 1 is 1.31 bits per heavy atom. The highest BCUT2D eigenvalue weighted by atomic mass is 35.5. The fraction of sp³-hybridized carbons (Fsp3) is 0.364. The SMILES string of the molecule is CN1C(=O)CN(c2cc(C3CC3CCOC(=O)c3cnc(N)nc3Cl)cn3cc(CO)nc23)C1=O. The maximum atomic E-state index is 12.6. The van der Waals surface area contributed by atoms with Crippen LogP contribution in [0.4, 0.5) is 16.4 Å². The summed E-state index contributed by atoms with van der Waals surface area (Å²) in [7, 11) is 1.44. The summed E-state index contributed by atoms with van der Waals surface area (Å²) in [6, 6.07) is 1.45. The van der Waals surface area contributed by atoms with Crippen molar-refractivity contribution in [3.63, 3.8) is 0 Å². The Bertz CT molecular complexity index is 1360. The zero-order chi connectivity index (χ0) is 24.9. The molecule has 2 atom stereocenters. The van der Waals surface area contributed by atoms with Gasteiger partial charge in [0.2, 0.25) is 11.9 Å². The van der Waals surface area contributed by atoms with Crippen LogP contribution in [0.15, 0.2) is 24.7 Å². The number of hydrogen-bond donors (Lipinski definition) is 2. The van der Waals surface area contributed by atoms with Crippen molar-refractivity contribution in [1.29, 1.82) is 0 Å². The van der Waals surface area contributed by atoms with Gasteiger partial charge in [-0.05, 0) is 36.3 Å². The first kappa shape index (κ1) is 23.0. The van der Waals surface area contributed by atoms with E-state index < -0.39 is 12.0 Å². The van der Waals surface area contributed by atoms with Gasteiger partial charge in [-0.15, -0.1) is 0 Å². The van der Waals surface area contributed by atoms with Gasteiger partial charge in [0.15, 0.2) is 5.65 Å². The van der Waals surface area contributed by atoms with Crippen molar-refractivity contribution in [2.45, 2.75) is 25.4 Å². The molecular weight excluding hydrogens is 478 g/mol. The molecule has 35 heavy (non-hydrogen) atoms. The number of aliphatic hydroxyl groups excluding tert-OH is 1. The molecule has 2 fully saturated rings. The number of nitrogens with zero attached hydrogens (tertiary/aromatic N) is 6. The summed E-state index contributed by atoms with van der Waals surface area (Å²) >= 11 is 5.93. The number of nitrogens with two attached hydrogens (primary N) is 1. The van der Waals surface area contributed by atoms with Crippen molar-refractivity contribution in [3.05, 3.63) is 46.6 Å². The molecule has 1 saturated carbocycles. The monoisotopic (exact) mass is 499 g/mol. The van der Waals surface area contributed by atoms with Gasteiger partial charge < -0.3 is 20.0 Å². The van der Waals surface area contributed by atoms with Crippen LogP contribution < -0.4 is 10.6 Å². The number of hydrogen-bond acceptors (Lipinski definition) is 9. The van der Waals surface area contributed by atoms with Crippen LogP contribution in [0.2, 0.25) is 5.15 Å². The smallest absolute Gasteiger partial charge is 0.342 e. The number of aliphatic hydroxyl groups is 1.